The van der Waals surface area contributed by atoms with Crippen LogP contribution >= 0.6 is 0 Å². The summed E-state index contributed by atoms with van der Waals surface area (Å²) in [6, 6.07) is 2.74. The average Bonchev–Trinajstić information content (AvgIpc) is 2.47. The Hall–Kier alpha value is -1.95. The summed E-state index contributed by atoms with van der Waals surface area (Å²) in [6.07, 6.45) is 4.27. The highest BCUT2D eigenvalue weighted by atomic mass is 16.5. The van der Waals surface area contributed by atoms with Crippen LogP contribution in [0.25, 0.3) is 0 Å². The number of hydrogen-bond acceptors (Lipinski definition) is 4. The Morgan fingerprint density at radius 3 is 3.00 bits per heavy atom. The minimum absolute atomic E-state index is 0.0385. The van der Waals surface area contributed by atoms with Gasteiger partial charge in [-0.2, -0.15) is 0 Å². The second-order valence-electron chi connectivity index (χ2n) is 4.84. The fourth-order valence-corrected chi connectivity index (χ4v) is 2.46. The van der Waals surface area contributed by atoms with Crippen molar-refractivity contribution in [2.75, 3.05) is 20.3 Å². The first kappa shape index (κ1) is 14.5. The Labute approximate surface area is 117 Å². The maximum Gasteiger partial charge on any atom is 0.335 e. The molecule has 0 saturated carbocycles. The number of methoxy groups -OCH3 is 1. The molecule has 1 saturated heterocycles. The Bertz CT molecular complexity index is 502. The standard InChI is InChI=1S/C14H18N2O4/c1-20-9-11-4-2-3-7-16(11)13(17)12-8-10(14(18)19)5-6-15-12/h5-6,8,11H,2-4,7,9H2,1H3,(H,18,19). The van der Waals surface area contributed by atoms with Crippen molar-refractivity contribution in [2.45, 2.75) is 25.3 Å². The van der Waals surface area contributed by atoms with Crippen LogP contribution in [-0.2, 0) is 4.74 Å². The predicted molar refractivity (Wildman–Crippen MR) is 71.7 cm³/mol. The Morgan fingerprint density at radius 1 is 1.50 bits per heavy atom. The average molecular weight is 278 g/mol. The molecule has 1 atom stereocenters. The first-order chi connectivity index (χ1) is 9.63. The van der Waals surface area contributed by atoms with Gasteiger partial charge in [0, 0.05) is 19.9 Å². The molecule has 6 heteroatoms. The highest BCUT2D eigenvalue weighted by Gasteiger charge is 2.28. The lowest BCUT2D eigenvalue weighted by atomic mass is 10.0. The van der Waals surface area contributed by atoms with Gasteiger partial charge in [0.15, 0.2) is 0 Å². The zero-order chi connectivity index (χ0) is 14.5. The number of amides is 1. The molecule has 1 amide bonds. The minimum Gasteiger partial charge on any atom is -0.478 e. The molecule has 6 nitrogen and oxygen atoms in total. The molecule has 1 aliphatic rings. The lowest BCUT2D eigenvalue weighted by Crippen LogP contribution is -2.46. The summed E-state index contributed by atoms with van der Waals surface area (Å²) in [5, 5.41) is 8.96. The van der Waals surface area contributed by atoms with E-state index in [-0.39, 0.29) is 23.2 Å². The Balaban J connectivity index is 2.20. The number of aromatic nitrogens is 1. The molecule has 1 N–H and O–H groups in total. The Morgan fingerprint density at radius 2 is 2.30 bits per heavy atom. The van der Waals surface area contributed by atoms with E-state index in [0.29, 0.717) is 13.2 Å². The van der Waals surface area contributed by atoms with E-state index in [1.165, 1.54) is 18.3 Å². The third-order valence-electron chi connectivity index (χ3n) is 3.47. The molecular weight excluding hydrogens is 260 g/mol. The number of pyridine rings is 1. The number of carboxylic acids is 1. The molecule has 0 radical (unpaired) electrons. The quantitative estimate of drug-likeness (QED) is 0.901. The number of likely N-dealkylation sites (tertiary alicyclic amines) is 1. The molecule has 1 aliphatic heterocycles. The molecule has 0 bridgehead atoms. The monoisotopic (exact) mass is 278 g/mol. The van der Waals surface area contributed by atoms with Gasteiger partial charge >= 0.3 is 5.97 Å². The van der Waals surface area contributed by atoms with Crippen LogP contribution in [0.1, 0.15) is 40.1 Å². The van der Waals surface area contributed by atoms with Crippen molar-refractivity contribution in [2.24, 2.45) is 0 Å². The minimum atomic E-state index is -1.06. The number of nitrogens with zero attached hydrogens (tertiary/aromatic N) is 2. The van der Waals surface area contributed by atoms with E-state index in [1.807, 2.05) is 0 Å². The van der Waals surface area contributed by atoms with E-state index in [0.717, 1.165) is 19.3 Å². The van der Waals surface area contributed by atoms with Crippen molar-refractivity contribution in [3.63, 3.8) is 0 Å². The molecule has 108 valence electrons. The molecule has 1 fully saturated rings. The normalized spacial score (nSPS) is 18.9. The van der Waals surface area contributed by atoms with Gasteiger partial charge in [-0.25, -0.2) is 4.79 Å². The van der Waals surface area contributed by atoms with Crippen LogP contribution in [0.2, 0.25) is 0 Å². The van der Waals surface area contributed by atoms with E-state index >= 15 is 0 Å². The van der Waals surface area contributed by atoms with Crippen molar-refractivity contribution in [3.8, 4) is 0 Å². The lowest BCUT2D eigenvalue weighted by molar-refractivity contribution is 0.0423. The highest BCUT2D eigenvalue weighted by molar-refractivity contribution is 5.96. The largest absolute Gasteiger partial charge is 0.478 e. The van der Waals surface area contributed by atoms with E-state index in [4.69, 9.17) is 9.84 Å². The molecule has 2 heterocycles. The zero-order valence-electron chi connectivity index (χ0n) is 11.4. The smallest absolute Gasteiger partial charge is 0.335 e. The first-order valence-corrected chi connectivity index (χ1v) is 6.62. The molecule has 0 aromatic carbocycles. The number of rotatable bonds is 4. The number of carboxylic acid groups (broad SMARTS) is 1. The number of aromatic carboxylic acids is 1. The summed E-state index contributed by atoms with van der Waals surface area (Å²) >= 11 is 0. The van der Waals surface area contributed by atoms with Gasteiger partial charge in [-0.1, -0.05) is 0 Å². The summed E-state index contributed by atoms with van der Waals surface area (Å²) in [4.78, 5) is 29.2. The van der Waals surface area contributed by atoms with Crippen LogP contribution in [0.3, 0.4) is 0 Å². The van der Waals surface area contributed by atoms with Crippen molar-refractivity contribution >= 4 is 11.9 Å². The van der Waals surface area contributed by atoms with Crippen molar-refractivity contribution in [3.05, 3.63) is 29.6 Å². The van der Waals surface area contributed by atoms with Crippen LogP contribution in [0.4, 0.5) is 0 Å². The van der Waals surface area contributed by atoms with E-state index in [1.54, 1.807) is 12.0 Å². The molecule has 1 aromatic rings. The molecule has 0 spiro atoms. The maximum absolute atomic E-state index is 12.5. The van der Waals surface area contributed by atoms with Gasteiger partial charge in [-0.15, -0.1) is 0 Å². The number of ether oxygens (including phenoxy) is 1. The lowest BCUT2D eigenvalue weighted by Gasteiger charge is -2.35. The van der Waals surface area contributed by atoms with Gasteiger partial charge in [0.05, 0.1) is 18.2 Å². The van der Waals surface area contributed by atoms with Crippen LogP contribution in [0.15, 0.2) is 18.3 Å². The molecule has 20 heavy (non-hydrogen) atoms. The number of hydrogen-bond donors (Lipinski definition) is 1. The number of carbonyl (C=O) groups is 2. The van der Waals surface area contributed by atoms with Gasteiger partial charge in [0.1, 0.15) is 5.69 Å². The molecule has 1 aromatic heterocycles. The van der Waals surface area contributed by atoms with Gasteiger partial charge in [-0.3, -0.25) is 9.78 Å². The van der Waals surface area contributed by atoms with Gasteiger partial charge in [0.25, 0.3) is 5.91 Å². The van der Waals surface area contributed by atoms with Crippen molar-refractivity contribution in [1.29, 1.82) is 0 Å². The van der Waals surface area contributed by atoms with E-state index < -0.39 is 5.97 Å². The summed E-state index contributed by atoms with van der Waals surface area (Å²) in [7, 11) is 1.61. The highest BCUT2D eigenvalue weighted by Crippen LogP contribution is 2.19. The van der Waals surface area contributed by atoms with E-state index in [2.05, 4.69) is 4.98 Å². The number of carbonyl (C=O) groups excluding carboxylic acids is 1. The molecular formula is C14H18N2O4. The summed E-state index contributed by atoms with van der Waals surface area (Å²) in [5.74, 6) is -1.29. The molecule has 0 aliphatic carbocycles. The molecule has 2 rings (SSSR count). The van der Waals surface area contributed by atoms with E-state index in [9.17, 15) is 9.59 Å². The van der Waals surface area contributed by atoms with Gasteiger partial charge < -0.3 is 14.7 Å². The second kappa shape index (κ2) is 6.47. The van der Waals surface area contributed by atoms with Gasteiger partial charge in [0.2, 0.25) is 0 Å². The first-order valence-electron chi connectivity index (χ1n) is 6.62. The van der Waals surface area contributed by atoms with Gasteiger partial charge in [-0.05, 0) is 31.4 Å². The predicted octanol–water partition coefficient (Wildman–Crippen LogP) is 1.42. The second-order valence-corrected chi connectivity index (χ2v) is 4.84. The van der Waals surface area contributed by atoms with Crippen LogP contribution < -0.4 is 0 Å². The number of piperidine rings is 1. The fraction of sp³-hybridized carbons (Fsp3) is 0.500. The summed E-state index contributed by atoms with van der Waals surface area (Å²) in [5.41, 5.74) is 0.247. The third kappa shape index (κ3) is 3.14. The fourth-order valence-electron chi connectivity index (χ4n) is 2.46. The van der Waals surface area contributed by atoms with Crippen molar-refractivity contribution in [1.82, 2.24) is 9.88 Å². The Kier molecular flexibility index (Phi) is 4.68. The SMILES string of the molecule is COCC1CCCCN1C(=O)c1cc(C(=O)O)ccn1. The summed E-state index contributed by atoms with van der Waals surface area (Å²) < 4.78 is 5.15. The topological polar surface area (TPSA) is 79.7 Å². The summed E-state index contributed by atoms with van der Waals surface area (Å²) in [6.45, 7) is 1.15. The molecule has 1 unspecified atom stereocenters. The van der Waals surface area contributed by atoms with Crippen LogP contribution in [0, 0.1) is 0 Å². The van der Waals surface area contributed by atoms with Crippen LogP contribution in [-0.4, -0.2) is 53.2 Å². The third-order valence-corrected chi connectivity index (χ3v) is 3.47. The zero-order valence-corrected chi connectivity index (χ0v) is 11.4. The maximum atomic E-state index is 12.5. The van der Waals surface area contributed by atoms with Crippen LogP contribution in [0.5, 0.6) is 0 Å². The van der Waals surface area contributed by atoms with Crippen molar-refractivity contribution < 1.29 is 19.4 Å².